The van der Waals surface area contributed by atoms with E-state index >= 15 is 0 Å². The third kappa shape index (κ3) is 5.77. The Morgan fingerprint density at radius 2 is 2.00 bits per heavy atom. The molecule has 3 unspecified atom stereocenters. The summed E-state index contributed by atoms with van der Waals surface area (Å²) < 4.78 is 0. The van der Waals surface area contributed by atoms with Crippen LogP contribution < -0.4 is 5.32 Å². The van der Waals surface area contributed by atoms with E-state index in [0.29, 0.717) is 12.6 Å². The fourth-order valence-electron chi connectivity index (χ4n) is 3.42. The lowest BCUT2D eigenvalue weighted by Crippen LogP contribution is -2.41. The van der Waals surface area contributed by atoms with Crippen LogP contribution in [0.5, 0.6) is 0 Å². The van der Waals surface area contributed by atoms with Gasteiger partial charge in [-0.3, -0.25) is 0 Å². The summed E-state index contributed by atoms with van der Waals surface area (Å²) in [4.78, 5) is 2.04. The number of aliphatic hydroxyl groups excluding tert-OH is 1. The zero-order valence-corrected chi connectivity index (χ0v) is 13.5. The van der Waals surface area contributed by atoms with Crippen molar-refractivity contribution in [2.45, 2.75) is 44.2 Å². The molecule has 0 aromatic heterocycles. The monoisotopic (exact) mass is 290 g/mol. The fraction of sp³-hybridized carbons (Fsp3) is 0.667. The molecular weight excluding hydrogens is 260 g/mol. The first kappa shape index (κ1) is 16.5. The second kappa shape index (κ2) is 8.52. The molecule has 1 aromatic carbocycles. The van der Waals surface area contributed by atoms with Gasteiger partial charge in [-0.1, -0.05) is 36.8 Å². The molecule has 1 aliphatic rings. The number of likely N-dealkylation sites (N-methyl/N-ethyl adjacent to an activating group) is 1. The van der Waals surface area contributed by atoms with Gasteiger partial charge in [-0.15, -0.1) is 0 Å². The minimum atomic E-state index is -0.268. The molecule has 2 rings (SSSR count). The quantitative estimate of drug-likeness (QED) is 0.771. The number of hydrogen-bond acceptors (Lipinski definition) is 3. The zero-order valence-electron chi connectivity index (χ0n) is 13.5. The summed E-state index contributed by atoms with van der Waals surface area (Å²) in [6.45, 7) is 1.44. The van der Waals surface area contributed by atoms with E-state index < -0.39 is 0 Å². The second-order valence-electron chi connectivity index (χ2n) is 6.65. The third-order valence-electron chi connectivity index (χ3n) is 4.50. The van der Waals surface area contributed by atoms with Crippen LogP contribution in [-0.2, 0) is 6.42 Å². The Morgan fingerprint density at radius 3 is 2.71 bits per heavy atom. The molecule has 3 nitrogen and oxygen atoms in total. The van der Waals surface area contributed by atoms with Crippen molar-refractivity contribution in [3.8, 4) is 0 Å². The van der Waals surface area contributed by atoms with Crippen molar-refractivity contribution in [2.24, 2.45) is 5.92 Å². The van der Waals surface area contributed by atoms with Gasteiger partial charge in [0.2, 0.25) is 0 Å². The summed E-state index contributed by atoms with van der Waals surface area (Å²) in [6.07, 6.45) is 6.06. The molecule has 1 aliphatic carbocycles. The Labute approximate surface area is 129 Å². The molecule has 21 heavy (non-hydrogen) atoms. The van der Waals surface area contributed by atoms with Gasteiger partial charge in [0.05, 0.1) is 6.10 Å². The van der Waals surface area contributed by atoms with Gasteiger partial charge in [0.25, 0.3) is 0 Å². The fourth-order valence-corrected chi connectivity index (χ4v) is 3.42. The minimum absolute atomic E-state index is 0.268. The molecule has 0 aliphatic heterocycles. The summed E-state index contributed by atoms with van der Waals surface area (Å²) in [6, 6.07) is 11.4. The lowest BCUT2D eigenvalue weighted by molar-refractivity contribution is 0.129. The maximum absolute atomic E-state index is 9.97. The molecular formula is C18H30N2O. The maximum atomic E-state index is 9.97. The molecule has 0 heterocycles. The molecule has 0 spiro atoms. The van der Waals surface area contributed by atoms with Gasteiger partial charge in [0, 0.05) is 19.1 Å². The standard InChI is InChI=1S/C18H30N2O/c1-20(2)14-17(21)13-19-18-10-6-9-16(18)12-11-15-7-4-3-5-8-15/h3-5,7-8,16-19,21H,6,9-14H2,1-2H3. The van der Waals surface area contributed by atoms with Crippen LogP contribution in [-0.4, -0.2) is 49.3 Å². The largest absolute Gasteiger partial charge is 0.390 e. The van der Waals surface area contributed by atoms with Crippen LogP contribution in [0, 0.1) is 5.92 Å². The number of hydrogen-bond donors (Lipinski definition) is 2. The van der Waals surface area contributed by atoms with Crippen LogP contribution in [0.2, 0.25) is 0 Å². The molecule has 2 N–H and O–H groups in total. The van der Waals surface area contributed by atoms with Crippen LogP contribution in [0.1, 0.15) is 31.2 Å². The van der Waals surface area contributed by atoms with E-state index in [9.17, 15) is 5.11 Å². The van der Waals surface area contributed by atoms with Crippen molar-refractivity contribution < 1.29 is 5.11 Å². The molecule has 1 saturated carbocycles. The normalized spacial score (nSPS) is 23.6. The Morgan fingerprint density at radius 1 is 1.24 bits per heavy atom. The number of aliphatic hydroxyl groups is 1. The lowest BCUT2D eigenvalue weighted by atomic mass is 9.95. The average molecular weight is 290 g/mol. The van der Waals surface area contributed by atoms with Crippen molar-refractivity contribution in [1.29, 1.82) is 0 Å². The van der Waals surface area contributed by atoms with Crippen molar-refractivity contribution in [2.75, 3.05) is 27.2 Å². The third-order valence-corrected chi connectivity index (χ3v) is 4.50. The first-order chi connectivity index (χ1) is 10.1. The van der Waals surface area contributed by atoms with Gasteiger partial charge in [-0.25, -0.2) is 0 Å². The smallest absolute Gasteiger partial charge is 0.0791 e. The molecule has 1 aromatic rings. The van der Waals surface area contributed by atoms with Crippen LogP contribution in [0.15, 0.2) is 30.3 Å². The number of benzene rings is 1. The maximum Gasteiger partial charge on any atom is 0.0791 e. The minimum Gasteiger partial charge on any atom is -0.390 e. The van der Waals surface area contributed by atoms with Crippen molar-refractivity contribution in [3.05, 3.63) is 35.9 Å². The molecule has 0 amide bonds. The first-order valence-corrected chi connectivity index (χ1v) is 8.25. The van der Waals surface area contributed by atoms with Crippen molar-refractivity contribution in [1.82, 2.24) is 10.2 Å². The number of rotatable bonds is 8. The van der Waals surface area contributed by atoms with E-state index in [4.69, 9.17) is 0 Å². The van der Waals surface area contributed by atoms with Gasteiger partial charge in [-0.05, 0) is 51.3 Å². The van der Waals surface area contributed by atoms with Gasteiger partial charge in [0.15, 0.2) is 0 Å². The highest BCUT2D eigenvalue weighted by Crippen LogP contribution is 2.29. The average Bonchev–Trinajstić information content (AvgIpc) is 2.91. The highest BCUT2D eigenvalue weighted by Gasteiger charge is 2.26. The van der Waals surface area contributed by atoms with Gasteiger partial charge in [0.1, 0.15) is 0 Å². The molecule has 0 radical (unpaired) electrons. The first-order valence-electron chi connectivity index (χ1n) is 8.25. The highest BCUT2D eigenvalue weighted by molar-refractivity contribution is 5.14. The topological polar surface area (TPSA) is 35.5 Å². The van der Waals surface area contributed by atoms with E-state index in [-0.39, 0.29) is 6.10 Å². The van der Waals surface area contributed by atoms with E-state index in [1.807, 2.05) is 19.0 Å². The van der Waals surface area contributed by atoms with Crippen LogP contribution in [0.25, 0.3) is 0 Å². The molecule has 3 heteroatoms. The van der Waals surface area contributed by atoms with E-state index in [1.165, 1.54) is 37.7 Å². The Hall–Kier alpha value is -0.900. The van der Waals surface area contributed by atoms with Crippen molar-refractivity contribution >= 4 is 0 Å². The van der Waals surface area contributed by atoms with Gasteiger partial charge in [-0.2, -0.15) is 0 Å². The Bertz CT molecular complexity index is 393. The van der Waals surface area contributed by atoms with Gasteiger partial charge < -0.3 is 15.3 Å². The zero-order chi connectivity index (χ0) is 15.1. The lowest BCUT2D eigenvalue weighted by Gasteiger charge is -2.24. The SMILES string of the molecule is CN(C)CC(O)CNC1CCCC1CCc1ccccc1. The number of nitrogens with one attached hydrogen (secondary N) is 1. The van der Waals surface area contributed by atoms with Gasteiger partial charge >= 0.3 is 0 Å². The Kier molecular flexibility index (Phi) is 6.68. The summed E-state index contributed by atoms with van der Waals surface area (Å²) in [7, 11) is 4.00. The van der Waals surface area contributed by atoms with E-state index in [2.05, 4.69) is 35.6 Å². The molecule has 0 bridgehead atoms. The Balaban J connectivity index is 1.72. The molecule has 1 fully saturated rings. The highest BCUT2D eigenvalue weighted by atomic mass is 16.3. The second-order valence-corrected chi connectivity index (χ2v) is 6.65. The van der Waals surface area contributed by atoms with Crippen LogP contribution in [0.4, 0.5) is 0 Å². The number of nitrogens with zero attached hydrogens (tertiary/aromatic N) is 1. The molecule has 118 valence electrons. The van der Waals surface area contributed by atoms with E-state index in [1.54, 1.807) is 0 Å². The molecule has 3 atom stereocenters. The van der Waals surface area contributed by atoms with E-state index in [0.717, 1.165) is 12.5 Å². The van der Waals surface area contributed by atoms with Crippen LogP contribution in [0.3, 0.4) is 0 Å². The summed E-state index contributed by atoms with van der Waals surface area (Å²) >= 11 is 0. The summed E-state index contributed by atoms with van der Waals surface area (Å²) in [5, 5.41) is 13.6. The molecule has 0 saturated heterocycles. The predicted octanol–water partition coefficient (Wildman–Crippen LogP) is 2.30. The van der Waals surface area contributed by atoms with Crippen molar-refractivity contribution in [3.63, 3.8) is 0 Å². The number of aryl methyl sites for hydroxylation is 1. The predicted molar refractivity (Wildman–Crippen MR) is 88.5 cm³/mol. The van der Waals surface area contributed by atoms with Crippen LogP contribution >= 0.6 is 0 Å². The summed E-state index contributed by atoms with van der Waals surface area (Å²) in [5.41, 5.74) is 1.44. The summed E-state index contributed by atoms with van der Waals surface area (Å²) in [5.74, 6) is 0.761.